The second-order valence-corrected chi connectivity index (χ2v) is 4.41. The maximum absolute atomic E-state index is 12.1. The summed E-state index contributed by atoms with van der Waals surface area (Å²) in [6.45, 7) is -0.266. The van der Waals surface area contributed by atoms with Crippen LogP contribution in [0.15, 0.2) is 48.8 Å². The van der Waals surface area contributed by atoms with Crippen LogP contribution in [0.3, 0.4) is 0 Å². The maximum atomic E-state index is 12.1. The highest BCUT2D eigenvalue weighted by Crippen LogP contribution is 2.22. The Bertz CT molecular complexity index is 675. The fraction of sp³-hybridized carbons (Fsp3) is 0.0667. The van der Waals surface area contributed by atoms with E-state index in [4.69, 9.17) is 0 Å². The molecule has 0 radical (unpaired) electrons. The number of fused-ring (bicyclic) bond motifs is 1. The van der Waals surface area contributed by atoms with Crippen molar-refractivity contribution < 1.29 is 14.4 Å². The molecule has 2 heterocycles. The molecule has 5 nitrogen and oxygen atoms in total. The number of carbonyl (C=O) groups is 3. The smallest absolute Gasteiger partial charge is 0.261 e. The van der Waals surface area contributed by atoms with Crippen molar-refractivity contribution in [2.45, 2.75) is 0 Å². The van der Waals surface area contributed by atoms with Crippen LogP contribution in [0.25, 0.3) is 0 Å². The van der Waals surface area contributed by atoms with E-state index in [1.165, 1.54) is 6.20 Å². The van der Waals surface area contributed by atoms with Crippen LogP contribution >= 0.6 is 0 Å². The second kappa shape index (κ2) is 4.70. The average molecular weight is 266 g/mol. The molecule has 0 saturated heterocycles. The average Bonchev–Trinajstić information content (AvgIpc) is 2.74. The largest absolute Gasteiger partial charge is 0.292 e. The Kier molecular flexibility index (Phi) is 2.87. The molecule has 0 spiro atoms. The monoisotopic (exact) mass is 266 g/mol. The zero-order valence-electron chi connectivity index (χ0n) is 10.4. The first kappa shape index (κ1) is 12.2. The lowest BCUT2D eigenvalue weighted by atomic mass is 10.1. The first-order chi connectivity index (χ1) is 9.68. The molecule has 20 heavy (non-hydrogen) atoms. The number of hydrogen-bond acceptors (Lipinski definition) is 4. The van der Waals surface area contributed by atoms with Gasteiger partial charge in [0.15, 0.2) is 5.78 Å². The number of Topliss-reactive ketones (excluding diaryl/α,β-unsaturated/α-hetero) is 1. The number of amides is 2. The molecule has 0 atom stereocenters. The number of ketones is 1. The first-order valence-electron chi connectivity index (χ1n) is 6.07. The summed E-state index contributed by atoms with van der Waals surface area (Å²) in [6.07, 6.45) is 2.97. The van der Waals surface area contributed by atoms with Gasteiger partial charge in [-0.15, -0.1) is 0 Å². The van der Waals surface area contributed by atoms with Crippen molar-refractivity contribution in [2.24, 2.45) is 0 Å². The number of pyridine rings is 1. The van der Waals surface area contributed by atoms with Crippen LogP contribution in [-0.4, -0.2) is 34.0 Å². The number of nitrogens with zero attached hydrogens (tertiary/aromatic N) is 2. The highest BCUT2D eigenvalue weighted by Gasteiger charge is 2.36. The van der Waals surface area contributed by atoms with Gasteiger partial charge in [0.1, 0.15) is 0 Å². The summed E-state index contributed by atoms with van der Waals surface area (Å²) in [4.78, 5) is 41.1. The number of aromatic nitrogens is 1. The summed E-state index contributed by atoms with van der Waals surface area (Å²) in [6, 6.07) is 9.80. The van der Waals surface area contributed by atoms with Gasteiger partial charge in [0.25, 0.3) is 11.8 Å². The summed E-state index contributed by atoms with van der Waals surface area (Å²) >= 11 is 0. The van der Waals surface area contributed by atoms with Gasteiger partial charge in [0.05, 0.1) is 17.7 Å². The van der Waals surface area contributed by atoms with Gasteiger partial charge in [-0.3, -0.25) is 24.3 Å². The van der Waals surface area contributed by atoms with Crippen molar-refractivity contribution in [3.63, 3.8) is 0 Å². The lowest BCUT2D eigenvalue weighted by Crippen LogP contribution is -2.34. The maximum Gasteiger partial charge on any atom is 0.261 e. The molecule has 0 saturated carbocycles. The molecule has 2 aromatic rings. The Labute approximate surface area is 114 Å². The fourth-order valence-corrected chi connectivity index (χ4v) is 2.15. The van der Waals surface area contributed by atoms with Gasteiger partial charge in [-0.05, 0) is 24.3 Å². The molecule has 5 heteroatoms. The molecule has 98 valence electrons. The SMILES string of the molecule is O=C(CN1C(=O)c2ccccc2C1=O)c1cccnc1. The van der Waals surface area contributed by atoms with Gasteiger partial charge in [-0.1, -0.05) is 12.1 Å². The lowest BCUT2D eigenvalue weighted by Gasteiger charge is -2.12. The van der Waals surface area contributed by atoms with Gasteiger partial charge in [-0.25, -0.2) is 0 Å². The minimum Gasteiger partial charge on any atom is -0.292 e. The molecular formula is C15H10N2O3. The van der Waals surface area contributed by atoms with Crippen molar-refractivity contribution in [1.29, 1.82) is 0 Å². The van der Waals surface area contributed by atoms with Crippen molar-refractivity contribution in [1.82, 2.24) is 9.88 Å². The Morgan fingerprint density at radius 2 is 1.65 bits per heavy atom. The van der Waals surface area contributed by atoms with Gasteiger partial charge >= 0.3 is 0 Å². The van der Waals surface area contributed by atoms with Crippen LogP contribution in [0.1, 0.15) is 31.1 Å². The van der Waals surface area contributed by atoms with E-state index in [2.05, 4.69) is 4.98 Å². The third kappa shape index (κ3) is 1.89. The summed E-state index contributed by atoms with van der Waals surface area (Å²) in [7, 11) is 0. The number of imide groups is 1. The molecule has 1 aromatic carbocycles. The van der Waals surface area contributed by atoms with E-state index in [-0.39, 0.29) is 12.3 Å². The number of carbonyl (C=O) groups excluding carboxylic acids is 3. The Morgan fingerprint density at radius 1 is 1.00 bits per heavy atom. The van der Waals surface area contributed by atoms with Crippen LogP contribution in [0, 0.1) is 0 Å². The molecule has 0 bridgehead atoms. The van der Waals surface area contributed by atoms with Crippen LogP contribution in [-0.2, 0) is 0 Å². The molecule has 1 aliphatic heterocycles. The second-order valence-electron chi connectivity index (χ2n) is 4.41. The number of benzene rings is 1. The van der Waals surface area contributed by atoms with Crippen LogP contribution in [0.4, 0.5) is 0 Å². The first-order valence-corrected chi connectivity index (χ1v) is 6.07. The minimum absolute atomic E-state index is 0.266. The van der Waals surface area contributed by atoms with E-state index in [0.717, 1.165) is 4.90 Å². The Balaban J connectivity index is 1.86. The minimum atomic E-state index is -0.428. The van der Waals surface area contributed by atoms with E-state index >= 15 is 0 Å². The predicted octanol–water partition coefficient (Wildman–Crippen LogP) is 1.56. The van der Waals surface area contributed by atoms with Crippen LogP contribution in [0.5, 0.6) is 0 Å². The van der Waals surface area contributed by atoms with Crippen LogP contribution < -0.4 is 0 Å². The molecule has 1 aromatic heterocycles. The standard InChI is InChI=1S/C15H10N2O3/c18-13(10-4-3-7-16-8-10)9-17-14(19)11-5-1-2-6-12(11)15(17)20/h1-8H,9H2. The number of hydrogen-bond donors (Lipinski definition) is 0. The topological polar surface area (TPSA) is 67.3 Å². The van der Waals surface area contributed by atoms with Gasteiger partial charge in [-0.2, -0.15) is 0 Å². The van der Waals surface area contributed by atoms with Crippen molar-refractivity contribution >= 4 is 17.6 Å². The summed E-state index contributed by atoms with van der Waals surface area (Å²) in [5.41, 5.74) is 1.07. The van der Waals surface area contributed by atoms with E-state index in [1.54, 1.807) is 42.6 Å². The van der Waals surface area contributed by atoms with E-state index in [1.807, 2.05) is 0 Å². The zero-order valence-corrected chi connectivity index (χ0v) is 10.4. The quantitative estimate of drug-likeness (QED) is 0.624. The van der Waals surface area contributed by atoms with E-state index < -0.39 is 11.8 Å². The van der Waals surface area contributed by atoms with Crippen molar-refractivity contribution in [2.75, 3.05) is 6.54 Å². The molecule has 1 aliphatic rings. The molecule has 0 N–H and O–H groups in total. The van der Waals surface area contributed by atoms with E-state index in [0.29, 0.717) is 16.7 Å². The Hall–Kier alpha value is -2.82. The molecule has 0 fully saturated rings. The van der Waals surface area contributed by atoms with Crippen LogP contribution in [0.2, 0.25) is 0 Å². The summed E-state index contributed by atoms with van der Waals surface area (Å²) in [5, 5.41) is 0. The predicted molar refractivity (Wildman–Crippen MR) is 70.4 cm³/mol. The molecular weight excluding hydrogens is 256 g/mol. The lowest BCUT2D eigenvalue weighted by molar-refractivity contribution is 0.0624. The Morgan fingerprint density at radius 3 is 2.20 bits per heavy atom. The summed E-state index contributed by atoms with van der Waals surface area (Å²) in [5.74, 6) is -1.17. The zero-order chi connectivity index (χ0) is 14.1. The van der Waals surface area contributed by atoms with Gasteiger partial charge < -0.3 is 0 Å². The van der Waals surface area contributed by atoms with Gasteiger partial charge in [0, 0.05) is 18.0 Å². The third-order valence-electron chi connectivity index (χ3n) is 3.16. The summed E-state index contributed by atoms with van der Waals surface area (Å²) < 4.78 is 0. The van der Waals surface area contributed by atoms with E-state index in [9.17, 15) is 14.4 Å². The molecule has 0 aliphatic carbocycles. The normalized spacial score (nSPS) is 13.5. The van der Waals surface area contributed by atoms with Crippen molar-refractivity contribution in [3.8, 4) is 0 Å². The molecule has 3 rings (SSSR count). The molecule has 0 unspecified atom stereocenters. The highest BCUT2D eigenvalue weighted by molar-refractivity contribution is 6.23. The van der Waals surface area contributed by atoms with Gasteiger partial charge in [0.2, 0.25) is 0 Å². The number of rotatable bonds is 3. The van der Waals surface area contributed by atoms with Crippen molar-refractivity contribution in [3.05, 3.63) is 65.5 Å². The third-order valence-corrected chi connectivity index (χ3v) is 3.16. The molecule has 2 amide bonds. The highest BCUT2D eigenvalue weighted by atomic mass is 16.2. The fourth-order valence-electron chi connectivity index (χ4n) is 2.15.